The number of ether oxygens (including phenoxy) is 1. The normalized spacial score (nSPS) is 15.4. The summed E-state index contributed by atoms with van der Waals surface area (Å²) < 4.78 is 5.32. The number of carbonyl (C=O) groups excluding carboxylic acids is 1. The highest BCUT2D eigenvalue weighted by atomic mass is 35.5. The van der Waals surface area contributed by atoms with Crippen molar-refractivity contribution in [3.63, 3.8) is 0 Å². The molecule has 0 spiro atoms. The van der Waals surface area contributed by atoms with Crippen molar-refractivity contribution in [2.75, 3.05) is 11.5 Å². The van der Waals surface area contributed by atoms with Crippen molar-refractivity contribution in [1.82, 2.24) is 0 Å². The first-order chi connectivity index (χ1) is 10.2. The summed E-state index contributed by atoms with van der Waals surface area (Å²) in [5, 5.41) is 0.597. The van der Waals surface area contributed by atoms with Crippen molar-refractivity contribution in [2.45, 2.75) is 6.92 Å². The zero-order valence-electron chi connectivity index (χ0n) is 11.5. The first-order valence-electron chi connectivity index (χ1n) is 6.73. The van der Waals surface area contributed by atoms with Gasteiger partial charge in [-0.15, -0.1) is 0 Å². The van der Waals surface area contributed by atoms with Gasteiger partial charge in [-0.05, 0) is 31.2 Å². The van der Waals surface area contributed by atoms with E-state index >= 15 is 0 Å². The first-order valence-corrected chi connectivity index (χ1v) is 7.11. The molecule has 2 aromatic rings. The predicted octanol–water partition coefficient (Wildman–Crippen LogP) is 4.40. The summed E-state index contributed by atoms with van der Waals surface area (Å²) in [6.07, 6.45) is 1.53. The zero-order valence-corrected chi connectivity index (χ0v) is 12.3. The summed E-state index contributed by atoms with van der Waals surface area (Å²) in [5.74, 6) is -0.105. The van der Waals surface area contributed by atoms with Crippen LogP contribution in [0.15, 0.2) is 54.8 Å². The Kier molecular flexibility index (Phi) is 3.67. The third-order valence-electron chi connectivity index (χ3n) is 3.30. The van der Waals surface area contributed by atoms with Gasteiger partial charge in [-0.25, -0.2) is 0 Å². The van der Waals surface area contributed by atoms with E-state index in [9.17, 15) is 4.79 Å². The van der Waals surface area contributed by atoms with Crippen molar-refractivity contribution in [3.05, 3.63) is 65.4 Å². The Balaban J connectivity index is 2.13. The van der Waals surface area contributed by atoms with Gasteiger partial charge in [0.25, 0.3) is 5.91 Å². The number of para-hydroxylation sites is 1. The van der Waals surface area contributed by atoms with Crippen LogP contribution in [0.3, 0.4) is 0 Å². The van der Waals surface area contributed by atoms with Crippen molar-refractivity contribution < 1.29 is 9.53 Å². The lowest BCUT2D eigenvalue weighted by atomic mass is 10.1. The van der Waals surface area contributed by atoms with Gasteiger partial charge in [0.15, 0.2) is 0 Å². The quantitative estimate of drug-likeness (QED) is 0.621. The predicted molar refractivity (Wildman–Crippen MR) is 84.6 cm³/mol. The average molecular weight is 300 g/mol. The summed E-state index contributed by atoms with van der Waals surface area (Å²) in [4.78, 5) is 14.4. The lowest BCUT2D eigenvalue weighted by Crippen LogP contribution is -2.20. The minimum atomic E-state index is -0.105. The third-order valence-corrected chi connectivity index (χ3v) is 3.54. The lowest BCUT2D eigenvalue weighted by molar-refractivity contribution is -0.112. The van der Waals surface area contributed by atoms with Crippen LogP contribution in [0.25, 0.3) is 5.57 Å². The molecule has 0 N–H and O–H groups in total. The maximum absolute atomic E-state index is 12.7. The van der Waals surface area contributed by atoms with E-state index in [0.717, 1.165) is 16.9 Å². The fourth-order valence-electron chi connectivity index (χ4n) is 2.39. The van der Waals surface area contributed by atoms with E-state index in [1.54, 1.807) is 17.0 Å². The Morgan fingerprint density at radius 3 is 2.76 bits per heavy atom. The van der Waals surface area contributed by atoms with Crippen molar-refractivity contribution in [3.8, 4) is 0 Å². The van der Waals surface area contributed by atoms with Crippen molar-refractivity contribution in [2.24, 2.45) is 0 Å². The molecule has 1 heterocycles. The molecular weight excluding hydrogens is 286 g/mol. The van der Waals surface area contributed by atoms with Crippen molar-refractivity contribution >= 4 is 34.5 Å². The fraction of sp³-hybridized carbons (Fsp3) is 0.118. The van der Waals surface area contributed by atoms with Crippen LogP contribution in [0, 0.1) is 0 Å². The number of anilines is 2. The highest BCUT2D eigenvalue weighted by molar-refractivity contribution is 6.35. The van der Waals surface area contributed by atoms with Gasteiger partial charge in [-0.3, -0.25) is 9.69 Å². The number of halogens is 1. The van der Waals surface area contributed by atoms with Crippen LogP contribution in [0.2, 0.25) is 5.02 Å². The van der Waals surface area contributed by atoms with Gasteiger partial charge in [-0.2, -0.15) is 0 Å². The molecule has 0 radical (unpaired) electrons. The maximum Gasteiger partial charge on any atom is 0.266 e. The molecule has 1 aliphatic heterocycles. The van der Waals surface area contributed by atoms with E-state index in [0.29, 0.717) is 17.2 Å². The summed E-state index contributed by atoms with van der Waals surface area (Å²) in [7, 11) is 0. The molecule has 0 atom stereocenters. The smallest absolute Gasteiger partial charge is 0.266 e. The largest absolute Gasteiger partial charge is 0.501 e. The standard InChI is InChI=1S/C17H14ClNO2/c1-2-21-11-15-14-8-3-4-9-16(14)19(17(15)20)13-7-5-6-12(18)10-13/h3-11H,2H2,1H3/b15-11+. The summed E-state index contributed by atoms with van der Waals surface area (Å²) in [5.41, 5.74) is 3.03. The van der Waals surface area contributed by atoms with Gasteiger partial charge >= 0.3 is 0 Å². The van der Waals surface area contributed by atoms with Gasteiger partial charge in [0, 0.05) is 10.6 Å². The van der Waals surface area contributed by atoms with Crippen LogP contribution in [0.1, 0.15) is 12.5 Å². The van der Waals surface area contributed by atoms with Crippen LogP contribution in [-0.4, -0.2) is 12.5 Å². The number of carbonyl (C=O) groups is 1. The van der Waals surface area contributed by atoms with E-state index in [4.69, 9.17) is 16.3 Å². The lowest BCUT2D eigenvalue weighted by Gasteiger charge is -2.17. The van der Waals surface area contributed by atoms with Crippen LogP contribution in [0.4, 0.5) is 11.4 Å². The third kappa shape index (κ3) is 2.41. The molecule has 0 saturated carbocycles. The van der Waals surface area contributed by atoms with Gasteiger partial charge in [0.1, 0.15) is 0 Å². The minimum absolute atomic E-state index is 0.105. The molecule has 0 saturated heterocycles. The molecule has 2 aromatic carbocycles. The van der Waals surface area contributed by atoms with Gasteiger partial charge in [0.05, 0.1) is 29.8 Å². The number of amides is 1. The Hall–Kier alpha value is -2.26. The van der Waals surface area contributed by atoms with Crippen LogP contribution in [-0.2, 0) is 9.53 Å². The molecule has 0 fully saturated rings. The van der Waals surface area contributed by atoms with Crippen LogP contribution in [0.5, 0.6) is 0 Å². The molecule has 1 aliphatic rings. The molecule has 3 nitrogen and oxygen atoms in total. The Bertz CT molecular complexity index is 724. The minimum Gasteiger partial charge on any atom is -0.501 e. The van der Waals surface area contributed by atoms with E-state index < -0.39 is 0 Å². The van der Waals surface area contributed by atoms with Gasteiger partial charge < -0.3 is 4.74 Å². The average Bonchev–Trinajstić information content (AvgIpc) is 2.77. The highest BCUT2D eigenvalue weighted by Crippen LogP contribution is 2.41. The van der Waals surface area contributed by atoms with E-state index in [2.05, 4.69) is 0 Å². The maximum atomic E-state index is 12.7. The molecule has 0 aromatic heterocycles. The molecule has 1 amide bonds. The number of nitrogens with zero attached hydrogens (tertiary/aromatic N) is 1. The second kappa shape index (κ2) is 5.62. The number of hydrogen-bond donors (Lipinski definition) is 0. The molecule has 106 valence electrons. The van der Waals surface area contributed by atoms with E-state index in [1.807, 2.05) is 43.3 Å². The zero-order chi connectivity index (χ0) is 14.8. The molecule has 21 heavy (non-hydrogen) atoms. The summed E-state index contributed by atoms with van der Waals surface area (Å²) in [6, 6.07) is 14.9. The molecule has 0 bridgehead atoms. The molecule has 3 rings (SSSR count). The summed E-state index contributed by atoms with van der Waals surface area (Å²) >= 11 is 6.04. The van der Waals surface area contributed by atoms with E-state index in [1.165, 1.54) is 6.26 Å². The second-order valence-electron chi connectivity index (χ2n) is 4.62. The number of benzene rings is 2. The first kappa shape index (κ1) is 13.7. The molecule has 0 unspecified atom stereocenters. The van der Waals surface area contributed by atoms with Crippen LogP contribution >= 0.6 is 11.6 Å². The Morgan fingerprint density at radius 2 is 2.00 bits per heavy atom. The molecule has 4 heteroatoms. The fourth-order valence-corrected chi connectivity index (χ4v) is 2.58. The highest BCUT2D eigenvalue weighted by Gasteiger charge is 2.33. The molecular formula is C17H14ClNO2. The number of fused-ring (bicyclic) bond motifs is 1. The second-order valence-corrected chi connectivity index (χ2v) is 5.06. The van der Waals surface area contributed by atoms with E-state index in [-0.39, 0.29) is 5.91 Å². The number of hydrogen-bond acceptors (Lipinski definition) is 2. The molecule has 0 aliphatic carbocycles. The van der Waals surface area contributed by atoms with Gasteiger partial charge in [-0.1, -0.05) is 35.9 Å². The summed E-state index contributed by atoms with van der Waals surface area (Å²) in [6.45, 7) is 2.41. The van der Waals surface area contributed by atoms with Gasteiger partial charge in [0.2, 0.25) is 0 Å². The van der Waals surface area contributed by atoms with Crippen molar-refractivity contribution in [1.29, 1.82) is 0 Å². The van der Waals surface area contributed by atoms with Crippen LogP contribution < -0.4 is 4.90 Å². The Morgan fingerprint density at radius 1 is 1.19 bits per heavy atom. The topological polar surface area (TPSA) is 29.5 Å². The Labute approximate surface area is 128 Å². The number of rotatable bonds is 3. The SMILES string of the molecule is CCO/C=C1/C(=O)N(c2cccc(Cl)c2)c2ccccc21. The monoisotopic (exact) mass is 299 g/mol.